The minimum Gasteiger partial charge on any atom is -0.454 e. The highest BCUT2D eigenvalue weighted by molar-refractivity contribution is 5.93. The van der Waals surface area contributed by atoms with Crippen LogP contribution in [0.15, 0.2) is 78.0 Å². The van der Waals surface area contributed by atoms with Gasteiger partial charge in [0, 0.05) is 41.5 Å². The molecule has 0 atom stereocenters. The zero-order valence-electron chi connectivity index (χ0n) is 19.2. The molecule has 9 heteroatoms. The van der Waals surface area contributed by atoms with E-state index in [1.807, 2.05) is 6.92 Å². The lowest BCUT2D eigenvalue weighted by Gasteiger charge is -2.13. The van der Waals surface area contributed by atoms with E-state index in [1.165, 1.54) is 48.8 Å². The smallest absolute Gasteiger partial charge is 0.200 e. The standard InChI is InChI=1S/C27H21F2N5O2/c1-2-18-22(10-12-31-26(18)30)36-23-8-7-17(13-20(23)29)34-27-24-21(9-11-32-27)33-14-19(25(24)35)15-3-5-16(28)6-4-15/h3-14H,2H2,1H3,(H2,30,31)(H,32,34)(H,33,35). The number of anilines is 3. The first-order chi connectivity index (χ1) is 17.4. The Labute approximate surface area is 204 Å². The fourth-order valence-electron chi connectivity index (χ4n) is 3.96. The predicted molar refractivity (Wildman–Crippen MR) is 136 cm³/mol. The molecule has 0 aliphatic heterocycles. The number of H-pyrrole nitrogens is 1. The molecule has 0 spiro atoms. The second-order valence-electron chi connectivity index (χ2n) is 8.02. The van der Waals surface area contributed by atoms with Crippen LogP contribution in [0.4, 0.5) is 26.1 Å². The van der Waals surface area contributed by atoms with Gasteiger partial charge in [-0.15, -0.1) is 0 Å². The number of rotatable bonds is 6. The molecule has 3 heterocycles. The normalized spacial score (nSPS) is 11.0. The topological polar surface area (TPSA) is 106 Å². The summed E-state index contributed by atoms with van der Waals surface area (Å²) in [5.41, 5.74) is 8.13. The van der Waals surface area contributed by atoms with Gasteiger partial charge in [-0.25, -0.2) is 18.7 Å². The average molecular weight is 485 g/mol. The summed E-state index contributed by atoms with van der Waals surface area (Å²) in [5.74, 6) is 0.0246. The van der Waals surface area contributed by atoms with Gasteiger partial charge < -0.3 is 20.8 Å². The maximum absolute atomic E-state index is 15.0. The minimum absolute atomic E-state index is 0.0168. The van der Waals surface area contributed by atoms with E-state index in [-0.39, 0.29) is 17.0 Å². The number of nitrogens with zero attached hydrogens (tertiary/aromatic N) is 2. The minimum atomic E-state index is -0.612. The Kier molecular flexibility index (Phi) is 6.03. The van der Waals surface area contributed by atoms with Crippen LogP contribution in [-0.4, -0.2) is 15.0 Å². The number of hydrogen-bond donors (Lipinski definition) is 3. The van der Waals surface area contributed by atoms with E-state index >= 15 is 0 Å². The van der Waals surface area contributed by atoms with E-state index < -0.39 is 11.6 Å². The summed E-state index contributed by atoms with van der Waals surface area (Å²) >= 11 is 0. The lowest BCUT2D eigenvalue weighted by atomic mass is 10.0. The molecule has 0 bridgehead atoms. The number of fused-ring (bicyclic) bond motifs is 1. The molecule has 180 valence electrons. The number of hydrogen-bond acceptors (Lipinski definition) is 6. The molecule has 0 saturated carbocycles. The molecule has 7 nitrogen and oxygen atoms in total. The number of aromatic nitrogens is 3. The number of ether oxygens (including phenoxy) is 1. The second-order valence-corrected chi connectivity index (χ2v) is 8.02. The van der Waals surface area contributed by atoms with Gasteiger partial charge in [0.05, 0.1) is 10.9 Å². The molecule has 0 unspecified atom stereocenters. The van der Waals surface area contributed by atoms with E-state index in [9.17, 15) is 13.6 Å². The van der Waals surface area contributed by atoms with Crippen LogP contribution in [0.2, 0.25) is 0 Å². The number of pyridine rings is 3. The summed E-state index contributed by atoms with van der Waals surface area (Å²) in [5, 5.41) is 3.31. The molecule has 0 saturated heterocycles. The first-order valence-corrected chi connectivity index (χ1v) is 11.2. The third kappa shape index (κ3) is 4.34. The Balaban J connectivity index is 1.48. The first kappa shape index (κ1) is 23.0. The predicted octanol–water partition coefficient (Wildman–Crippen LogP) is 5.94. The largest absolute Gasteiger partial charge is 0.454 e. The van der Waals surface area contributed by atoms with Crippen LogP contribution in [0.25, 0.3) is 22.0 Å². The van der Waals surface area contributed by atoms with Crippen molar-refractivity contribution < 1.29 is 13.5 Å². The number of nitrogens with two attached hydrogens (primary N) is 1. The van der Waals surface area contributed by atoms with Crippen LogP contribution in [-0.2, 0) is 6.42 Å². The monoisotopic (exact) mass is 485 g/mol. The van der Waals surface area contributed by atoms with Gasteiger partial charge in [0.15, 0.2) is 11.6 Å². The van der Waals surface area contributed by atoms with Crippen molar-refractivity contribution in [3.8, 4) is 22.6 Å². The van der Waals surface area contributed by atoms with Crippen molar-refractivity contribution in [3.63, 3.8) is 0 Å². The van der Waals surface area contributed by atoms with Crippen LogP contribution in [0.3, 0.4) is 0 Å². The van der Waals surface area contributed by atoms with Gasteiger partial charge in [-0.3, -0.25) is 4.79 Å². The molecule has 0 aliphatic carbocycles. The Morgan fingerprint density at radius 1 is 1.00 bits per heavy atom. The highest BCUT2D eigenvalue weighted by Crippen LogP contribution is 2.32. The summed E-state index contributed by atoms with van der Waals surface area (Å²) in [6, 6.07) is 13.3. The maximum atomic E-state index is 15.0. The highest BCUT2D eigenvalue weighted by atomic mass is 19.1. The van der Waals surface area contributed by atoms with Crippen LogP contribution < -0.4 is 21.2 Å². The summed E-state index contributed by atoms with van der Waals surface area (Å²) < 4.78 is 34.1. The van der Waals surface area contributed by atoms with Gasteiger partial charge >= 0.3 is 0 Å². The summed E-state index contributed by atoms with van der Waals surface area (Å²) in [7, 11) is 0. The lowest BCUT2D eigenvalue weighted by molar-refractivity contribution is 0.438. The lowest BCUT2D eigenvalue weighted by Crippen LogP contribution is -2.10. The fourth-order valence-corrected chi connectivity index (χ4v) is 3.96. The van der Waals surface area contributed by atoms with Crippen molar-refractivity contribution in [1.82, 2.24) is 15.0 Å². The summed E-state index contributed by atoms with van der Waals surface area (Å²) in [4.78, 5) is 24.8. The van der Waals surface area contributed by atoms with Crippen molar-refractivity contribution in [2.75, 3.05) is 11.1 Å². The van der Waals surface area contributed by atoms with Crippen molar-refractivity contribution in [2.24, 2.45) is 0 Å². The van der Waals surface area contributed by atoms with Crippen LogP contribution >= 0.6 is 0 Å². The maximum Gasteiger partial charge on any atom is 0.200 e. The zero-order valence-corrected chi connectivity index (χ0v) is 19.2. The molecule has 0 fully saturated rings. The van der Waals surface area contributed by atoms with Gasteiger partial charge in [0.1, 0.15) is 23.2 Å². The van der Waals surface area contributed by atoms with Crippen LogP contribution in [0, 0.1) is 11.6 Å². The number of benzene rings is 2. The SMILES string of the molecule is CCc1c(Oc2ccc(Nc3nccc4[nH]cc(-c5ccc(F)cc5)c(=O)c34)cc2F)ccnc1N. The number of nitrogens with one attached hydrogen (secondary N) is 2. The van der Waals surface area contributed by atoms with E-state index in [4.69, 9.17) is 10.5 Å². The molecule has 5 rings (SSSR count). The molecular formula is C27H21F2N5O2. The van der Waals surface area contributed by atoms with Crippen LogP contribution in [0.5, 0.6) is 11.5 Å². The Morgan fingerprint density at radius 3 is 2.53 bits per heavy atom. The van der Waals surface area contributed by atoms with Gasteiger partial charge in [0.25, 0.3) is 0 Å². The van der Waals surface area contributed by atoms with Crippen molar-refractivity contribution >= 4 is 28.2 Å². The molecule has 3 aromatic heterocycles. The van der Waals surface area contributed by atoms with E-state index in [0.717, 1.165) is 0 Å². The first-order valence-electron chi connectivity index (χ1n) is 11.2. The zero-order chi connectivity index (χ0) is 25.2. The van der Waals surface area contributed by atoms with Crippen LogP contribution in [0.1, 0.15) is 12.5 Å². The molecule has 5 aromatic rings. The second kappa shape index (κ2) is 9.46. The van der Waals surface area contributed by atoms with Crippen molar-refractivity contribution in [2.45, 2.75) is 13.3 Å². The molecule has 2 aromatic carbocycles. The molecular weight excluding hydrogens is 464 g/mol. The Hall–Kier alpha value is -4.79. The fraction of sp³-hybridized carbons (Fsp3) is 0.0741. The Bertz CT molecular complexity index is 1630. The van der Waals surface area contributed by atoms with Gasteiger partial charge in [-0.1, -0.05) is 19.1 Å². The van der Waals surface area contributed by atoms with Crippen molar-refractivity contribution in [3.05, 3.63) is 101 Å². The third-order valence-electron chi connectivity index (χ3n) is 5.76. The quantitative estimate of drug-likeness (QED) is 0.275. The molecule has 0 amide bonds. The van der Waals surface area contributed by atoms with E-state index in [1.54, 1.807) is 24.4 Å². The van der Waals surface area contributed by atoms with Crippen molar-refractivity contribution in [1.29, 1.82) is 0 Å². The molecule has 0 radical (unpaired) electrons. The molecule has 36 heavy (non-hydrogen) atoms. The highest BCUT2D eigenvalue weighted by Gasteiger charge is 2.15. The van der Waals surface area contributed by atoms with E-state index in [0.29, 0.717) is 51.3 Å². The van der Waals surface area contributed by atoms with Gasteiger partial charge in [0.2, 0.25) is 5.43 Å². The van der Waals surface area contributed by atoms with Gasteiger partial charge in [-0.05, 0) is 48.4 Å². The average Bonchev–Trinajstić information content (AvgIpc) is 2.87. The molecule has 0 aliphatic rings. The summed E-state index contributed by atoms with van der Waals surface area (Å²) in [6.45, 7) is 1.91. The number of halogens is 2. The van der Waals surface area contributed by atoms with E-state index in [2.05, 4.69) is 20.3 Å². The number of nitrogen functional groups attached to an aromatic ring is 1. The summed E-state index contributed by atoms with van der Waals surface area (Å²) in [6.07, 6.45) is 5.19. The third-order valence-corrected chi connectivity index (χ3v) is 5.76. The van der Waals surface area contributed by atoms with Gasteiger partial charge in [-0.2, -0.15) is 0 Å². The number of aromatic amines is 1. The molecule has 4 N–H and O–H groups in total. The Morgan fingerprint density at radius 2 is 1.78 bits per heavy atom.